The molecule has 6 N–H and O–H groups in total. The van der Waals surface area contributed by atoms with E-state index in [1.807, 2.05) is 13.8 Å². The van der Waals surface area contributed by atoms with Crippen LogP contribution in [0.5, 0.6) is 5.75 Å². The van der Waals surface area contributed by atoms with Crippen LogP contribution in [0.2, 0.25) is 0 Å². The monoisotopic (exact) mass is 763 g/mol. The van der Waals surface area contributed by atoms with Gasteiger partial charge in [-0.1, -0.05) is 36.4 Å². The lowest BCUT2D eigenvalue weighted by Gasteiger charge is -2.35. The summed E-state index contributed by atoms with van der Waals surface area (Å²) in [5, 5.41) is 23.0. The predicted octanol–water partition coefficient (Wildman–Crippen LogP) is 5.33. The summed E-state index contributed by atoms with van der Waals surface area (Å²) in [7, 11) is -4.18. The SMILES string of the molecule is Cc1c(C)c(S(=O)(=O)NC(=N)NCCC[C@H](NC(=O)c2ccc(C(c3ccccc3F)c3ccccc3F)[nH]c2=O)C(=O)O)c(C)c2c1OC(C)(C)CC2. The zero-order valence-corrected chi connectivity index (χ0v) is 31.3. The largest absolute Gasteiger partial charge is 0.487 e. The first-order valence-corrected chi connectivity index (χ1v) is 18.8. The van der Waals surface area contributed by atoms with Gasteiger partial charge in [-0.25, -0.2) is 26.7 Å². The number of hydrogen-bond acceptors (Lipinski definition) is 7. The fraction of sp³-hybridized carbons (Fsp3) is 0.333. The minimum Gasteiger partial charge on any atom is -0.487 e. The summed E-state index contributed by atoms with van der Waals surface area (Å²) in [6.45, 7) is 9.16. The molecule has 0 aliphatic carbocycles. The number of nitrogens with one attached hydrogen (secondary N) is 5. The molecule has 4 aromatic rings. The Labute approximate surface area is 311 Å². The molecule has 1 amide bonds. The van der Waals surface area contributed by atoms with Crippen molar-refractivity contribution in [2.75, 3.05) is 6.54 Å². The number of guanidine groups is 1. The number of amides is 1. The van der Waals surface area contributed by atoms with Crippen molar-refractivity contribution in [2.45, 2.75) is 82.8 Å². The van der Waals surface area contributed by atoms with Crippen LogP contribution in [0, 0.1) is 37.8 Å². The van der Waals surface area contributed by atoms with Crippen LogP contribution in [-0.4, -0.2) is 54.5 Å². The van der Waals surface area contributed by atoms with E-state index in [4.69, 9.17) is 10.1 Å². The van der Waals surface area contributed by atoms with Crippen molar-refractivity contribution in [1.82, 2.24) is 20.3 Å². The Morgan fingerprint density at radius 1 is 0.963 bits per heavy atom. The molecule has 0 unspecified atom stereocenters. The summed E-state index contributed by atoms with van der Waals surface area (Å²) < 4.78 is 65.2. The highest BCUT2D eigenvalue weighted by molar-refractivity contribution is 7.90. The molecule has 54 heavy (non-hydrogen) atoms. The van der Waals surface area contributed by atoms with Crippen LogP contribution in [-0.2, 0) is 21.2 Å². The van der Waals surface area contributed by atoms with Gasteiger partial charge in [-0.15, -0.1) is 0 Å². The van der Waals surface area contributed by atoms with Crippen molar-refractivity contribution in [3.05, 3.63) is 127 Å². The molecule has 2 heterocycles. The minimum absolute atomic E-state index is 0.0200. The first kappa shape index (κ1) is 39.6. The maximum absolute atomic E-state index is 14.9. The number of halogens is 2. The highest BCUT2D eigenvalue weighted by Gasteiger charge is 2.34. The van der Waals surface area contributed by atoms with Crippen LogP contribution in [0.3, 0.4) is 0 Å². The van der Waals surface area contributed by atoms with E-state index < -0.39 is 62.6 Å². The second kappa shape index (κ2) is 15.8. The molecule has 15 heteroatoms. The predicted molar refractivity (Wildman–Crippen MR) is 199 cm³/mol. The molecular formula is C39H43F2N5O7S. The molecule has 0 radical (unpaired) electrons. The summed E-state index contributed by atoms with van der Waals surface area (Å²) in [6, 6.07) is 12.5. The quantitative estimate of drug-likeness (QED) is 0.0634. The van der Waals surface area contributed by atoms with Crippen molar-refractivity contribution in [2.24, 2.45) is 0 Å². The molecule has 3 aromatic carbocycles. The zero-order chi connectivity index (χ0) is 39.5. The van der Waals surface area contributed by atoms with Crippen LogP contribution in [0.15, 0.2) is 70.4 Å². The Morgan fingerprint density at radius 2 is 1.57 bits per heavy atom. The summed E-state index contributed by atoms with van der Waals surface area (Å²) in [5.74, 6) is -4.53. The molecule has 286 valence electrons. The average molecular weight is 764 g/mol. The number of sulfonamides is 1. The number of rotatable bonds is 12. The van der Waals surface area contributed by atoms with Crippen molar-refractivity contribution in [3.8, 4) is 5.75 Å². The van der Waals surface area contributed by atoms with E-state index >= 15 is 0 Å². The lowest BCUT2D eigenvalue weighted by molar-refractivity contribution is -0.139. The number of carbonyl (C=O) groups excluding carboxylic acids is 1. The second-order valence-corrected chi connectivity index (χ2v) is 15.5. The van der Waals surface area contributed by atoms with Crippen LogP contribution in [0.1, 0.15) is 88.5 Å². The fourth-order valence-electron chi connectivity index (χ4n) is 6.74. The Bertz CT molecular complexity index is 2250. The van der Waals surface area contributed by atoms with Crippen LogP contribution < -0.4 is 25.7 Å². The third kappa shape index (κ3) is 8.46. The molecule has 12 nitrogen and oxygen atoms in total. The normalized spacial score (nSPS) is 14.1. The van der Waals surface area contributed by atoms with E-state index in [1.54, 1.807) is 32.9 Å². The highest BCUT2D eigenvalue weighted by Crippen LogP contribution is 2.42. The zero-order valence-electron chi connectivity index (χ0n) is 30.5. The number of fused-ring (bicyclic) bond motifs is 1. The first-order valence-electron chi connectivity index (χ1n) is 17.3. The number of carboxylic acid groups (broad SMARTS) is 1. The second-order valence-electron chi connectivity index (χ2n) is 13.9. The molecule has 0 saturated carbocycles. The fourth-order valence-corrected chi connectivity index (χ4v) is 8.27. The van der Waals surface area contributed by atoms with Crippen molar-refractivity contribution in [3.63, 3.8) is 0 Å². The summed E-state index contributed by atoms with van der Waals surface area (Å²) in [6.07, 6.45) is 1.31. The van der Waals surface area contributed by atoms with Crippen molar-refractivity contribution in [1.29, 1.82) is 5.41 Å². The number of aliphatic carboxylic acids is 1. The Morgan fingerprint density at radius 3 is 2.15 bits per heavy atom. The minimum atomic E-state index is -4.18. The van der Waals surface area contributed by atoms with Gasteiger partial charge in [0.1, 0.15) is 34.6 Å². The molecule has 1 atom stereocenters. The van der Waals surface area contributed by atoms with Gasteiger partial charge in [0.25, 0.3) is 21.5 Å². The van der Waals surface area contributed by atoms with E-state index in [0.29, 0.717) is 35.3 Å². The number of ether oxygens (including phenoxy) is 1. The van der Waals surface area contributed by atoms with E-state index in [0.717, 1.165) is 11.6 Å². The van der Waals surface area contributed by atoms with Gasteiger partial charge in [0.2, 0.25) is 5.96 Å². The van der Waals surface area contributed by atoms with Gasteiger partial charge in [-0.3, -0.25) is 15.0 Å². The number of H-pyrrole nitrogens is 1. The average Bonchev–Trinajstić information content (AvgIpc) is 3.09. The van der Waals surface area contributed by atoms with Crippen LogP contribution in [0.25, 0.3) is 0 Å². The maximum atomic E-state index is 14.9. The Kier molecular flexibility index (Phi) is 11.6. The van der Waals surface area contributed by atoms with Gasteiger partial charge in [0.15, 0.2) is 0 Å². The number of hydrogen-bond donors (Lipinski definition) is 6. The molecule has 0 bridgehead atoms. The highest BCUT2D eigenvalue weighted by atomic mass is 32.2. The number of benzene rings is 3. The van der Waals surface area contributed by atoms with E-state index in [2.05, 4.69) is 20.3 Å². The molecular weight excluding hydrogens is 721 g/mol. The van der Waals surface area contributed by atoms with Gasteiger partial charge < -0.3 is 25.5 Å². The summed E-state index contributed by atoms with van der Waals surface area (Å²) in [5.41, 5.74) is 1.17. The first-order chi connectivity index (χ1) is 25.4. The number of carbonyl (C=O) groups is 2. The van der Waals surface area contributed by atoms with Crippen LogP contribution >= 0.6 is 0 Å². The van der Waals surface area contributed by atoms with E-state index in [1.165, 1.54) is 42.5 Å². The molecule has 0 spiro atoms. The van der Waals surface area contributed by atoms with Gasteiger partial charge in [0, 0.05) is 23.4 Å². The molecule has 5 rings (SSSR count). The van der Waals surface area contributed by atoms with Crippen molar-refractivity contribution < 1.29 is 36.6 Å². The van der Waals surface area contributed by atoms with E-state index in [-0.39, 0.29) is 46.7 Å². The smallest absolute Gasteiger partial charge is 0.326 e. The standard InChI is InChI=1S/C39H43F2N5O7S/c1-21-22(2)34(23(3)24-18-19-39(4,5)53-33(21)24)54(51,52)46-38(42)43-20-10-15-31(37(49)50)45-36(48)27-16-17-30(44-35(27)47)32(25-11-6-8-13-28(25)40)26-12-7-9-14-29(26)41/h6-9,11-14,16-17,31-32H,10,15,18-20H2,1-5H3,(H,44,47)(H,45,48)(H,49,50)(H3,42,43,46)/t31-/m0/s1. The topological polar surface area (TPSA) is 191 Å². The van der Waals surface area contributed by atoms with Gasteiger partial charge in [-0.2, -0.15) is 0 Å². The Hall–Kier alpha value is -5.57. The number of aromatic nitrogens is 1. The molecule has 0 fully saturated rings. The lowest BCUT2D eigenvalue weighted by atomic mass is 9.87. The van der Waals surface area contributed by atoms with Crippen molar-refractivity contribution >= 4 is 27.9 Å². The Balaban J connectivity index is 1.22. The summed E-state index contributed by atoms with van der Waals surface area (Å²) in [4.78, 5) is 40.9. The molecule has 1 aliphatic rings. The maximum Gasteiger partial charge on any atom is 0.326 e. The van der Waals surface area contributed by atoms with Gasteiger partial charge in [-0.05, 0) is 107 Å². The number of aromatic amines is 1. The third-order valence-electron chi connectivity index (χ3n) is 9.67. The third-order valence-corrected chi connectivity index (χ3v) is 11.3. The summed E-state index contributed by atoms with van der Waals surface area (Å²) >= 11 is 0. The molecule has 1 aromatic heterocycles. The molecule has 1 aliphatic heterocycles. The van der Waals surface area contributed by atoms with Crippen LogP contribution in [0.4, 0.5) is 8.78 Å². The number of pyridine rings is 1. The van der Waals surface area contributed by atoms with E-state index in [9.17, 15) is 36.7 Å². The van der Waals surface area contributed by atoms with Gasteiger partial charge >= 0.3 is 5.97 Å². The van der Waals surface area contributed by atoms with Gasteiger partial charge in [0.05, 0.1) is 10.8 Å². The number of carboxylic acids is 1. The molecule has 0 saturated heterocycles. The lowest BCUT2D eigenvalue weighted by Crippen LogP contribution is -2.44.